The van der Waals surface area contributed by atoms with Crippen LogP contribution in [0.4, 0.5) is 0 Å². The average molecular weight is 311 g/mol. The summed E-state index contributed by atoms with van der Waals surface area (Å²) >= 11 is 1.47. The zero-order valence-corrected chi connectivity index (χ0v) is 9.76. The molecule has 0 fully saturated rings. The van der Waals surface area contributed by atoms with Gasteiger partial charge in [-0.1, -0.05) is 24.3 Å². The Kier molecular flexibility index (Phi) is 2.77. The molecule has 0 amide bonds. The van der Waals surface area contributed by atoms with Gasteiger partial charge in [-0.15, -0.1) is 0 Å². The number of fused-ring (bicyclic) bond motifs is 1. The van der Waals surface area contributed by atoms with Gasteiger partial charge in [0.1, 0.15) is 5.69 Å². The number of ketones is 1. The van der Waals surface area contributed by atoms with E-state index in [9.17, 15) is 9.59 Å². The quantitative estimate of drug-likeness (QED) is 0.370. The fraction of sp³-hybridized carbons (Fsp3) is 0. The Morgan fingerprint density at radius 1 is 1.13 bits per heavy atom. The zero-order valence-electron chi connectivity index (χ0n) is 7.61. The molecule has 0 aliphatic carbocycles. The fourth-order valence-corrected chi connectivity index (χ4v) is 1.58. The highest BCUT2D eigenvalue weighted by atomic mass is 127. The van der Waals surface area contributed by atoms with Crippen LogP contribution >= 0.6 is 22.6 Å². The van der Waals surface area contributed by atoms with Gasteiger partial charge in [0.25, 0.3) is 9.57 Å². The molecule has 0 saturated carbocycles. The van der Waals surface area contributed by atoms with E-state index in [-0.39, 0.29) is 5.69 Å². The number of carbonyl (C=O) groups excluding carboxylic acids is 2. The molecule has 0 atom stereocenters. The van der Waals surface area contributed by atoms with Crippen molar-refractivity contribution in [2.45, 2.75) is 0 Å². The van der Waals surface area contributed by atoms with Crippen LogP contribution < -0.4 is 0 Å². The second kappa shape index (κ2) is 4.06. The molecule has 0 aliphatic rings. The molecule has 0 unspecified atom stereocenters. The van der Waals surface area contributed by atoms with E-state index in [1.165, 1.54) is 22.6 Å². The molecular weight excluding hydrogens is 305 g/mol. The summed E-state index contributed by atoms with van der Waals surface area (Å²) in [5.41, 5.74) is 0.202. The Labute approximate surface area is 99.6 Å². The van der Waals surface area contributed by atoms with Crippen LogP contribution in [-0.4, -0.2) is 14.6 Å². The summed E-state index contributed by atoms with van der Waals surface area (Å²) in [6.07, 6.45) is 1.60. The smallest absolute Gasteiger partial charge is 0.264 e. The number of pyridine rings is 1. The molecule has 0 aliphatic heterocycles. The second-order valence-corrected chi connectivity index (χ2v) is 4.00. The molecule has 3 nitrogen and oxygen atoms in total. The predicted octanol–water partition coefficient (Wildman–Crippen LogP) is 2.38. The first kappa shape index (κ1) is 10.2. The minimum absolute atomic E-state index is 0.202. The van der Waals surface area contributed by atoms with Crippen LogP contribution in [0.25, 0.3) is 10.8 Å². The lowest BCUT2D eigenvalue weighted by molar-refractivity contribution is -0.106. The van der Waals surface area contributed by atoms with Crippen molar-refractivity contribution in [1.82, 2.24) is 4.98 Å². The van der Waals surface area contributed by atoms with Gasteiger partial charge >= 0.3 is 0 Å². The van der Waals surface area contributed by atoms with Gasteiger partial charge < -0.3 is 0 Å². The maximum absolute atomic E-state index is 11.4. The van der Waals surface area contributed by atoms with Crippen LogP contribution in [0.5, 0.6) is 0 Å². The molecule has 0 radical (unpaired) electrons. The number of carbonyl (C=O) groups is 2. The third kappa shape index (κ3) is 2.04. The summed E-state index contributed by atoms with van der Waals surface area (Å²) in [5.74, 6) is -0.554. The Morgan fingerprint density at radius 3 is 2.47 bits per heavy atom. The van der Waals surface area contributed by atoms with Gasteiger partial charge in [0.15, 0.2) is 0 Å². The minimum Gasteiger partial charge on any atom is -0.283 e. The van der Waals surface area contributed by atoms with Gasteiger partial charge in [-0.3, -0.25) is 14.6 Å². The summed E-state index contributed by atoms with van der Waals surface area (Å²) in [5, 5.41) is 1.86. The maximum Gasteiger partial charge on any atom is 0.264 e. The van der Waals surface area contributed by atoms with E-state index >= 15 is 0 Å². The normalized spacial score (nSPS) is 10.2. The topological polar surface area (TPSA) is 47.0 Å². The van der Waals surface area contributed by atoms with E-state index in [0.29, 0.717) is 0 Å². The van der Waals surface area contributed by atoms with Gasteiger partial charge in [0, 0.05) is 34.2 Å². The SMILES string of the molecule is O=C(I)C(=O)c1cc2ccccc2cn1. The van der Waals surface area contributed by atoms with E-state index in [1.54, 1.807) is 12.3 Å². The van der Waals surface area contributed by atoms with Gasteiger partial charge in [-0.2, -0.15) is 0 Å². The predicted molar refractivity (Wildman–Crippen MR) is 65.1 cm³/mol. The van der Waals surface area contributed by atoms with Crippen LogP contribution in [0.3, 0.4) is 0 Å². The molecule has 15 heavy (non-hydrogen) atoms. The summed E-state index contributed by atoms with van der Waals surface area (Å²) in [7, 11) is 0. The van der Waals surface area contributed by atoms with Crippen molar-refractivity contribution in [1.29, 1.82) is 0 Å². The van der Waals surface area contributed by atoms with E-state index in [2.05, 4.69) is 4.98 Å². The molecule has 1 heterocycles. The number of aromatic nitrogens is 1. The van der Waals surface area contributed by atoms with E-state index in [1.807, 2.05) is 24.3 Å². The lowest BCUT2D eigenvalue weighted by atomic mass is 10.1. The standard InChI is InChI=1S/C11H6INO2/c12-11(15)10(14)9-5-7-3-1-2-4-8(7)6-13-9/h1-6H. The first-order chi connectivity index (χ1) is 7.18. The van der Waals surface area contributed by atoms with Crippen LogP contribution in [0.15, 0.2) is 36.5 Å². The van der Waals surface area contributed by atoms with Crippen molar-refractivity contribution < 1.29 is 9.59 Å². The maximum atomic E-state index is 11.4. The van der Waals surface area contributed by atoms with Crippen molar-refractivity contribution in [2.75, 3.05) is 0 Å². The number of rotatable bonds is 2. The first-order valence-electron chi connectivity index (χ1n) is 4.27. The molecular formula is C11H6INO2. The Morgan fingerprint density at radius 2 is 1.80 bits per heavy atom. The number of halogens is 1. The molecule has 2 aromatic rings. The molecule has 1 aromatic heterocycles. The lowest BCUT2D eigenvalue weighted by Crippen LogP contribution is -2.08. The first-order valence-corrected chi connectivity index (χ1v) is 5.35. The number of nitrogens with zero attached hydrogens (tertiary/aromatic N) is 1. The summed E-state index contributed by atoms with van der Waals surface area (Å²) in [6, 6.07) is 9.19. The molecule has 2 rings (SSSR count). The summed E-state index contributed by atoms with van der Waals surface area (Å²) in [6.45, 7) is 0. The highest BCUT2D eigenvalue weighted by Gasteiger charge is 2.14. The lowest BCUT2D eigenvalue weighted by Gasteiger charge is -1.98. The molecule has 1 aromatic carbocycles. The molecule has 4 heteroatoms. The summed E-state index contributed by atoms with van der Waals surface area (Å²) < 4.78 is -0.518. The van der Waals surface area contributed by atoms with Crippen LogP contribution in [0, 0.1) is 0 Å². The number of benzene rings is 1. The average Bonchev–Trinajstić information content (AvgIpc) is 2.27. The molecule has 0 saturated heterocycles. The minimum atomic E-state index is -0.554. The molecule has 74 valence electrons. The largest absolute Gasteiger partial charge is 0.283 e. The number of hydrogen-bond donors (Lipinski definition) is 0. The van der Waals surface area contributed by atoms with E-state index < -0.39 is 9.57 Å². The van der Waals surface area contributed by atoms with Gasteiger partial charge in [0.05, 0.1) is 0 Å². The molecule has 0 bridgehead atoms. The van der Waals surface area contributed by atoms with Crippen molar-refractivity contribution in [2.24, 2.45) is 0 Å². The van der Waals surface area contributed by atoms with Crippen LogP contribution in [0.1, 0.15) is 10.5 Å². The van der Waals surface area contributed by atoms with E-state index in [4.69, 9.17) is 0 Å². The van der Waals surface area contributed by atoms with Gasteiger partial charge in [-0.25, -0.2) is 0 Å². The number of hydrogen-bond acceptors (Lipinski definition) is 3. The number of Topliss-reactive ketones (excluding diaryl/α,β-unsaturated/α-hetero) is 1. The van der Waals surface area contributed by atoms with Crippen molar-refractivity contribution in [3.63, 3.8) is 0 Å². The highest BCUT2D eigenvalue weighted by molar-refractivity contribution is 14.1. The monoisotopic (exact) mass is 311 g/mol. The van der Waals surface area contributed by atoms with Crippen molar-refractivity contribution in [3.05, 3.63) is 42.2 Å². The third-order valence-electron chi connectivity index (χ3n) is 2.04. The molecule has 0 spiro atoms. The van der Waals surface area contributed by atoms with E-state index in [0.717, 1.165) is 10.8 Å². The van der Waals surface area contributed by atoms with Crippen LogP contribution in [-0.2, 0) is 4.79 Å². The zero-order chi connectivity index (χ0) is 10.8. The highest BCUT2D eigenvalue weighted by Crippen LogP contribution is 2.14. The van der Waals surface area contributed by atoms with Gasteiger partial charge in [0.2, 0.25) is 0 Å². The Balaban J connectivity index is 2.56. The molecule has 0 N–H and O–H groups in total. The third-order valence-corrected chi connectivity index (χ3v) is 2.53. The Bertz CT molecular complexity index is 551. The van der Waals surface area contributed by atoms with Crippen molar-refractivity contribution >= 4 is 42.9 Å². The Hall–Kier alpha value is -1.30. The summed E-state index contributed by atoms with van der Waals surface area (Å²) in [4.78, 5) is 26.2. The second-order valence-electron chi connectivity index (χ2n) is 3.02. The van der Waals surface area contributed by atoms with Crippen molar-refractivity contribution in [3.8, 4) is 0 Å². The van der Waals surface area contributed by atoms with Crippen LogP contribution in [0.2, 0.25) is 0 Å². The fourth-order valence-electron chi connectivity index (χ4n) is 1.31. The van der Waals surface area contributed by atoms with Gasteiger partial charge in [-0.05, 0) is 11.5 Å².